The highest BCUT2D eigenvalue weighted by Crippen LogP contribution is 2.16. The van der Waals surface area contributed by atoms with E-state index in [1.54, 1.807) is 6.92 Å². The van der Waals surface area contributed by atoms with E-state index in [0.29, 0.717) is 11.5 Å². The summed E-state index contributed by atoms with van der Waals surface area (Å²) in [5, 5.41) is 17.0. The van der Waals surface area contributed by atoms with Gasteiger partial charge in [0.15, 0.2) is 0 Å². The minimum Gasteiger partial charge on any atom is -0.390 e. The summed E-state index contributed by atoms with van der Waals surface area (Å²) in [5.74, 6) is -0.503. The monoisotopic (exact) mass is 289 g/mol. The van der Waals surface area contributed by atoms with Crippen LogP contribution in [-0.4, -0.2) is 25.6 Å². The Morgan fingerprint density at radius 3 is 2.71 bits per heavy atom. The van der Waals surface area contributed by atoms with Gasteiger partial charge >= 0.3 is 5.95 Å². The highest BCUT2D eigenvalue weighted by molar-refractivity contribution is 5.91. The number of aromatic nitrogens is 3. The Morgan fingerprint density at radius 2 is 2.10 bits per heavy atom. The smallest absolute Gasteiger partial charge is 0.390 e. The quantitative estimate of drug-likeness (QED) is 0.682. The first-order valence-corrected chi connectivity index (χ1v) is 6.30. The molecule has 1 aromatic heterocycles. The van der Waals surface area contributed by atoms with Gasteiger partial charge in [-0.15, -0.1) is 0 Å². The van der Waals surface area contributed by atoms with Crippen molar-refractivity contribution in [1.29, 1.82) is 0 Å². The van der Waals surface area contributed by atoms with E-state index in [0.717, 1.165) is 11.1 Å². The molecule has 0 aliphatic heterocycles. The number of nitrogens with zero attached hydrogens (tertiary/aromatic N) is 4. The molecular formula is C13H15N5O3. The van der Waals surface area contributed by atoms with Crippen LogP contribution in [0.4, 0.5) is 11.6 Å². The summed E-state index contributed by atoms with van der Waals surface area (Å²) in [6, 6.07) is 5.73. The van der Waals surface area contributed by atoms with Crippen LogP contribution in [0.25, 0.3) is 0 Å². The van der Waals surface area contributed by atoms with Gasteiger partial charge in [-0.3, -0.25) is 4.79 Å². The fraction of sp³-hybridized carbons (Fsp3) is 0.308. The second-order valence-corrected chi connectivity index (χ2v) is 4.74. The number of aryl methyl sites for hydroxylation is 3. The van der Waals surface area contributed by atoms with Crippen molar-refractivity contribution in [1.82, 2.24) is 14.8 Å². The molecule has 0 fully saturated rings. The molecule has 0 atom stereocenters. The molecule has 8 nitrogen and oxygen atoms in total. The van der Waals surface area contributed by atoms with Gasteiger partial charge in [0.1, 0.15) is 6.54 Å². The van der Waals surface area contributed by atoms with Crippen LogP contribution in [0.1, 0.15) is 17.0 Å². The van der Waals surface area contributed by atoms with Crippen LogP contribution < -0.4 is 5.32 Å². The molecule has 8 heteroatoms. The maximum atomic E-state index is 12.0. The predicted molar refractivity (Wildman–Crippen MR) is 76.0 cm³/mol. The number of nitro groups is 1. The van der Waals surface area contributed by atoms with Crippen LogP contribution in [0.5, 0.6) is 0 Å². The normalized spacial score (nSPS) is 10.4. The number of anilines is 1. The maximum Gasteiger partial charge on any atom is 0.491 e. The lowest BCUT2D eigenvalue weighted by Crippen LogP contribution is -2.21. The molecule has 0 saturated carbocycles. The van der Waals surface area contributed by atoms with Gasteiger partial charge < -0.3 is 15.4 Å². The van der Waals surface area contributed by atoms with Crippen molar-refractivity contribution in [2.24, 2.45) is 0 Å². The van der Waals surface area contributed by atoms with Gasteiger partial charge in [0, 0.05) is 17.7 Å². The lowest BCUT2D eigenvalue weighted by Gasteiger charge is -2.08. The Kier molecular flexibility index (Phi) is 3.97. The Labute approximate surface area is 121 Å². The molecule has 0 saturated heterocycles. The molecule has 1 heterocycles. The Hall–Kier alpha value is -2.77. The van der Waals surface area contributed by atoms with Gasteiger partial charge in [-0.1, -0.05) is 12.1 Å². The highest BCUT2D eigenvalue weighted by atomic mass is 16.6. The van der Waals surface area contributed by atoms with Crippen molar-refractivity contribution in [2.45, 2.75) is 27.3 Å². The van der Waals surface area contributed by atoms with Crippen molar-refractivity contribution in [3.8, 4) is 0 Å². The molecular weight excluding hydrogens is 274 g/mol. The Morgan fingerprint density at radius 1 is 1.38 bits per heavy atom. The molecule has 21 heavy (non-hydrogen) atoms. The van der Waals surface area contributed by atoms with Gasteiger partial charge in [-0.05, 0) is 40.9 Å². The summed E-state index contributed by atoms with van der Waals surface area (Å²) < 4.78 is 1.21. The van der Waals surface area contributed by atoms with Gasteiger partial charge in [-0.25, -0.2) is 0 Å². The number of nitrogens with one attached hydrogen (secondary N) is 1. The van der Waals surface area contributed by atoms with Crippen molar-refractivity contribution in [2.75, 3.05) is 5.32 Å². The number of carbonyl (C=O) groups is 1. The summed E-state index contributed by atoms with van der Waals surface area (Å²) in [4.78, 5) is 25.6. The van der Waals surface area contributed by atoms with E-state index in [2.05, 4.69) is 15.4 Å². The molecule has 0 spiro atoms. The summed E-state index contributed by atoms with van der Waals surface area (Å²) in [6.45, 7) is 5.26. The van der Waals surface area contributed by atoms with Gasteiger partial charge in [0.25, 0.3) is 0 Å². The fourth-order valence-electron chi connectivity index (χ4n) is 1.83. The zero-order valence-corrected chi connectivity index (χ0v) is 12.0. The van der Waals surface area contributed by atoms with Crippen molar-refractivity contribution in [3.63, 3.8) is 0 Å². The first-order chi connectivity index (χ1) is 9.86. The minimum absolute atomic E-state index is 0.125. The lowest BCUT2D eigenvalue weighted by atomic mass is 10.1. The molecule has 0 aliphatic rings. The van der Waals surface area contributed by atoms with Crippen LogP contribution in [0, 0.1) is 30.9 Å². The predicted octanol–water partition coefficient (Wildman–Crippen LogP) is 1.75. The van der Waals surface area contributed by atoms with Crippen molar-refractivity contribution >= 4 is 17.5 Å². The largest absolute Gasteiger partial charge is 0.491 e. The number of hydrogen-bond donors (Lipinski definition) is 1. The fourth-order valence-corrected chi connectivity index (χ4v) is 1.83. The Balaban J connectivity index is 2.11. The van der Waals surface area contributed by atoms with E-state index in [9.17, 15) is 14.9 Å². The molecule has 2 aromatic rings. The Bertz CT molecular complexity index is 708. The molecule has 1 aromatic carbocycles. The van der Waals surface area contributed by atoms with E-state index in [-0.39, 0.29) is 12.5 Å². The molecule has 1 amide bonds. The summed E-state index contributed by atoms with van der Waals surface area (Å²) >= 11 is 0. The topological polar surface area (TPSA) is 103 Å². The number of amides is 1. The first-order valence-electron chi connectivity index (χ1n) is 6.30. The van der Waals surface area contributed by atoms with E-state index in [4.69, 9.17) is 0 Å². The van der Waals surface area contributed by atoms with Gasteiger partial charge in [-0.2, -0.15) is 4.68 Å². The average molecular weight is 289 g/mol. The maximum absolute atomic E-state index is 12.0. The average Bonchev–Trinajstić information content (AvgIpc) is 2.75. The van der Waals surface area contributed by atoms with E-state index < -0.39 is 10.9 Å². The first kappa shape index (κ1) is 14.6. The third-order valence-electron chi connectivity index (χ3n) is 2.97. The van der Waals surface area contributed by atoms with Crippen LogP contribution in [-0.2, 0) is 11.3 Å². The van der Waals surface area contributed by atoms with Crippen LogP contribution in [0.15, 0.2) is 18.2 Å². The van der Waals surface area contributed by atoms with Crippen LogP contribution in [0.3, 0.4) is 0 Å². The van der Waals surface area contributed by atoms with Crippen molar-refractivity contribution < 1.29 is 9.72 Å². The van der Waals surface area contributed by atoms with Crippen molar-refractivity contribution in [3.05, 3.63) is 45.3 Å². The van der Waals surface area contributed by atoms with Crippen LogP contribution >= 0.6 is 0 Å². The standard InChI is InChI=1S/C13H15N5O3/c1-8-4-5-9(2)11(6-8)15-12(19)7-17-10(3)14-13(16-17)18(20)21/h4-6H,7H2,1-3H3,(H,15,19). The number of benzene rings is 1. The zero-order valence-electron chi connectivity index (χ0n) is 12.0. The molecule has 0 bridgehead atoms. The number of carbonyl (C=O) groups excluding carboxylic acids is 1. The summed E-state index contributed by atoms with van der Waals surface area (Å²) in [5.41, 5.74) is 2.69. The summed E-state index contributed by atoms with van der Waals surface area (Å²) in [7, 11) is 0. The number of rotatable bonds is 4. The minimum atomic E-state index is -0.688. The van der Waals surface area contributed by atoms with Gasteiger partial charge in [0.05, 0.1) is 0 Å². The van der Waals surface area contributed by atoms with E-state index in [1.807, 2.05) is 32.0 Å². The van der Waals surface area contributed by atoms with Gasteiger partial charge in [0.2, 0.25) is 11.7 Å². The molecule has 0 aliphatic carbocycles. The zero-order chi connectivity index (χ0) is 15.6. The van der Waals surface area contributed by atoms with Crippen LogP contribution in [0.2, 0.25) is 0 Å². The molecule has 2 rings (SSSR count). The second-order valence-electron chi connectivity index (χ2n) is 4.74. The molecule has 0 unspecified atom stereocenters. The van der Waals surface area contributed by atoms with E-state index in [1.165, 1.54) is 4.68 Å². The lowest BCUT2D eigenvalue weighted by molar-refractivity contribution is -0.394. The third kappa shape index (κ3) is 3.41. The second kappa shape index (κ2) is 5.70. The van der Waals surface area contributed by atoms with E-state index >= 15 is 0 Å². The summed E-state index contributed by atoms with van der Waals surface area (Å²) in [6.07, 6.45) is 0. The third-order valence-corrected chi connectivity index (χ3v) is 2.97. The molecule has 1 N–H and O–H groups in total. The SMILES string of the molecule is Cc1ccc(C)c(NC(=O)Cn2nc([N+](=O)[O-])nc2C)c1. The highest BCUT2D eigenvalue weighted by Gasteiger charge is 2.20. The molecule has 110 valence electrons. The number of hydrogen-bond acceptors (Lipinski definition) is 5. The molecule has 0 radical (unpaired) electrons.